The number of nitrogens with two attached hydrogens (primary N) is 1. The summed E-state index contributed by atoms with van der Waals surface area (Å²) in [6.07, 6.45) is 7.60. The topological polar surface area (TPSA) is 212 Å². The fourth-order valence-electron chi connectivity index (χ4n) is 7.77. The number of benzene rings is 9. The number of piperidine rings is 2. The largest absolute Gasteiger partial charge is 0.399 e. The minimum Gasteiger partial charge on any atom is -0.399 e. The van der Waals surface area contributed by atoms with Gasteiger partial charge in [-0.15, -0.1) is 29.6 Å². The summed E-state index contributed by atoms with van der Waals surface area (Å²) < 4.78 is 2.45. The average molecular weight is 1690 g/mol. The molecule has 2 heterocycles. The third-order valence-electron chi connectivity index (χ3n) is 12.2. The molecular weight excluding hydrogens is 1600 g/mol. The van der Waals surface area contributed by atoms with Crippen LogP contribution in [0.15, 0.2) is 263 Å². The second-order valence-electron chi connectivity index (χ2n) is 21.5. The van der Waals surface area contributed by atoms with Crippen molar-refractivity contribution in [1.82, 2.24) is 10.0 Å². The van der Waals surface area contributed by atoms with Crippen LogP contribution in [0.1, 0.15) is 49.7 Å². The second kappa shape index (κ2) is 50.8. The summed E-state index contributed by atoms with van der Waals surface area (Å²) in [4.78, 5) is 16.6. The molecule has 2 aliphatic heterocycles. The van der Waals surface area contributed by atoms with E-state index in [1.165, 1.54) is 93.9 Å². The van der Waals surface area contributed by atoms with E-state index in [1.807, 2.05) is 78.9 Å². The molecule has 0 saturated carbocycles. The molecule has 0 amide bonds. The molecule has 4 atom stereocenters. The van der Waals surface area contributed by atoms with Crippen molar-refractivity contribution in [2.75, 3.05) is 31.9 Å². The van der Waals surface area contributed by atoms with E-state index in [0.29, 0.717) is 0 Å². The average Bonchev–Trinajstić information content (AvgIpc) is 2.79. The van der Waals surface area contributed by atoms with Gasteiger partial charge in [0.15, 0.2) is 0 Å². The first-order chi connectivity index (χ1) is 44.1. The Hall–Kier alpha value is -5.59. The van der Waals surface area contributed by atoms with Crippen LogP contribution in [-0.4, -0.2) is 59.0 Å². The maximum atomic E-state index is 8.36. The van der Waals surface area contributed by atoms with Gasteiger partial charge in [0.05, 0.1) is 74.0 Å². The number of aryl methyl sites for hydroxylation is 2. The smallest absolute Gasteiger partial charge is 0.291 e. The number of anilines is 1. The van der Waals surface area contributed by atoms with Gasteiger partial charge in [0.1, 0.15) is 7.38 Å². The first-order valence-electron chi connectivity index (χ1n) is 29.8. The zero-order valence-electron chi connectivity index (χ0n) is 53.1. The Morgan fingerprint density at radius 1 is 0.462 bits per heavy atom. The van der Waals surface area contributed by atoms with Crippen LogP contribution in [0.25, 0.3) is 0 Å². The van der Waals surface area contributed by atoms with Gasteiger partial charge in [0.2, 0.25) is 0 Å². The number of hydrogen-bond acceptors (Lipinski definition) is 10. The van der Waals surface area contributed by atoms with Gasteiger partial charge in [-0.2, -0.15) is 11.1 Å². The fraction of sp³-hybridized carbons (Fsp3) is 0.217. The van der Waals surface area contributed by atoms with Crippen molar-refractivity contribution in [1.29, 1.82) is 0 Å². The molecular formula is C69H86AgClI2N9O6P4Si+2. The van der Waals surface area contributed by atoms with E-state index < -0.39 is 17.6 Å². The van der Waals surface area contributed by atoms with Crippen molar-refractivity contribution in [3.05, 3.63) is 286 Å². The predicted molar refractivity (Wildman–Crippen MR) is 422 cm³/mol. The van der Waals surface area contributed by atoms with Crippen LogP contribution in [0, 0.1) is 46.4 Å². The van der Waals surface area contributed by atoms with Crippen molar-refractivity contribution in [3.8, 4) is 0 Å². The molecule has 0 aliphatic carbocycles. The Morgan fingerprint density at radius 2 is 0.699 bits per heavy atom. The maximum Gasteiger partial charge on any atom is 0.291 e. The van der Waals surface area contributed by atoms with Gasteiger partial charge >= 0.3 is 0 Å². The third kappa shape index (κ3) is 47.0. The third-order valence-corrected chi connectivity index (χ3v) is 18.3. The summed E-state index contributed by atoms with van der Waals surface area (Å²) in [6.45, 7) is 14.7. The molecule has 0 bridgehead atoms. The van der Waals surface area contributed by atoms with Crippen LogP contribution in [0.2, 0.25) is 19.6 Å². The molecule has 93 heavy (non-hydrogen) atoms. The minimum atomic E-state index is -1.75. The first-order valence-corrected chi connectivity index (χ1v) is 40.5. The molecule has 497 valence electrons. The Morgan fingerprint density at radius 3 is 0.957 bits per heavy atom. The molecule has 2 aliphatic rings. The molecule has 9 aromatic carbocycles. The number of nitrogen functional groups attached to an aromatic ring is 1. The standard InChI is InChI=1S/C17H20N3P.2C13H13P.C11H14IN3.C6H6IN.C6H7P.C3H9ClSi.Ag.HNO3.NO3/c1-3-7-16(8-4-1)21-17-11-9-15(10-12-17)18-19-20-13-5-2-6-14-20;2*1-11-7-9-13(10-8-11)14-12-5-3-2-4-6-12;12-10-4-6-11(7-5-10)13-14-15-8-2-1-3-9-15;7-5-1-3-6(8)4-2-5;7-6-4-2-1-3-5-6;1-5(2,3)4;;2*2-1(3)4/h1,3-4,7-12,21H,2,5-6,13-14H2;2*2-10,14H,1H3;4-7H,1-3,8-9H2;1-4H,8H2;1-5H,7H2;1-3H3;;(H,2,3,4);/q;;;;;;;;;-1/p+3. The molecule has 4 unspecified atom stereocenters. The van der Waals surface area contributed by atoms with E-state index in [4.69, 9.17) is 47.5 Å². The second-order valence-corrected chi connectivity index (χ2v) is 37.0. The van der Waals surface area contributed by atoms with E-state index in [9.17, 15) is 0 Å². The van der Waals surface area contributed by atoms with E-state index in [0.717, 1.165) is 43.2 Å². The molecule has 1 radical (unpaired) electrons. The van der Waals surface area contributed by atoms with Crippen molar-refractivity contribution in [2.24, 2.45) is 20.7 Å². The van der Waals surface area contributed by atoms with E-state index in [2.05, 4.69) is 282 Å². The van der Waals surface area contributed by atoms with Crippen molar-refractivity contribution >= 4 is 153 Å². The summed E-state index contributed by atoms with van der Waals surface area (Å²) in [6, 6.07) is 84.2. The van der Waals surface area contributed by atoms with Gasteiger partial charge in [-0.1, -0.05) is 150 Å². The molecule has 0 aromatic heterocycles. The van der Waals surface area contributed by atoms with E-state index in [1.54, 1.807) is 0 Å². The zero-order chi connectivity index (χ0) is 67.2. The summed E-state index contributed by atoms with van der Waals surface area (Å²) in [7, 11) is 2.18. The maximum absolute atomic E-state index is 8.36. The van der Waals surface area contributed by atoms with Crippen molar-refractivity contribution < 1.29 is 37.8 Å². The summed E-state index contributed by atoms with van der Waals surface area (Å²) in [5.74, 6) is 0. The van der Waals surface area contributed by atoms with Gasteiger partial charge in [0, 0.05) is 61.4 Å². The number of rotatable bonds is 10. The van der Waals surface area contributed by atoms with Gasteiger partial charge in [-0.25, -0.2) is 0 Å². The molecule has 0 spiro atoms. The van der Waals surface area contributed by atoms with Crippen LogP contribution in [0.3, 0.4) is 0 Å². The first kappa shape index (κ1) is 83.5. The molecule has 2 saturated heterocycles. The quantitative estimate of drug-likeness (QED) is 0.0195. The van der Waals surface area contributed by atoms with Gasteiger partial charge < -0.3 is 26.3 Å². The van der Waals surface area contributed by atoms with Crippen molar-refractivity contribution in [2.45, 2.75) is 72.0 Å². The fourth-order valence-corrected chi connectivity index (χ4v) is 12.3. The SMILES string of the molecule is C[Si](C)(C)Cl.Cc1ccc([PH2+]c2ccccc2)cc1.Cc1ccc([PH2+]c2ccccc2)cc1.Ic1ccc(N=NN2CCCCC2)cc1.Nc1ccc(I)cc1.O=[N+]([O-])O.O=[N+]([O-])[O-].Pc1ccccc1.[Ag].c1ccc([PH2+]c2ccc(N=NN3CCCCC3)cc2)cc1. The molecule has 11 rings (SSSR count). The minimum absolute atomic E-state index is 0. The van der Waals surface area contributed by atoms with Crippen LogP contribution < -0.4 is 42.9 Å². The zero-order valence-corrected chi connectivity index (χ0v) is 65.2. The van der Waals surface area contributed by atoms with Gasteiger partial charge in [-0.3, -0.25) is 10.0 Å². The molecule has 3 N–H and O–H groups in total. The molecule has 2 fully saturated rings. The monoisotopic (exact) mass is 1680 g/mol. The predicted octanol–water partition coefficient (Wildman–Crippen LogP) is 16.6. The summed E-state index contributed by atoms with van der Waals surface area (Å²) in [5.41, 5.74) is 10.8. The van der Waals surface area contributed by atoms with Crippen molar-refractivity contribution in [3.63, 3.8) is 0 Å². The summed E-state index contributed by atoms with van der Waals surface area (Å²) >= 11 is 10.2. The van der Waals surface area contributed by atoms with Crippen LogP contribution in [0.5, 0.6) is 0 Å². The van der Waals surface area contributed by atoms with Gasteiger partial charge in [0.25, 0.3) is 5.09 Å². The Labute approximate surface area is 606 Å². The van der Waals surface area contributed by atoms with Crippen LogP contribution >= 0.6 is 91.2 Å². The Balaban J connectivity index is 0.000000374. The van der Waals surface area contributed by atoms with Gasteiger partial charge in [-0.05, 0) is 236 Å². The number of hydrogen-bond donors (Lipinski definition) is 2. The Bertz CT molecular complexity index is 3310. The van der Waals surface area contributed by atoms with Crippen LogP contribution in [-0.2, 0) is 22.4 Å². The number of nitrogens with zero attached hydrogens (tertiary/aromatic N) is 8. The molecule has 9 aromatic rings. The number of halogens is 3. The van der Waals surface area contributed by atoms with E-state index >= 15 is 0 Å². The molecule has 24 heteroatoms. The normalized spacial score (nSPS) is 12.3. The summed E-state index contributed by atoms with van der Waals surface area (Å²) in [5, 5.41) is 59.5. The van der Waals surface area contributed by atoms with E-state index in [-0.39, 0.29) is 48.1 Å². The molecule has 15 nitrogen and oxygen atoms in total. The van der Waals surface area contributed by atoms with Crippen LogP contribution in [0.4, 0.5) is 17.1 Å². The Kier molecular flexibility index (Phi) is 45.6.